The molecule has 31 heavy (non-hydrogen) atoms. The predicted octanol–water partition coefficient (Wildman–Crippen LogP) is 8.62. The maximum atomic E-state index is 12.3. The van der Waals surface area contributed by atoms with E-state index in [1.165, 1.54) is 64.2 Å². The van der Waals surface area contributed by atoms with Gasteiger partial charge in [0.1, 0.15) is 0 Å². The van der Waals surface area contributed by atoms with Gasteiger partial charge in [-0.15, -0.1) is 0 Å². The van der Waals surface area contributed by atoms with E-state index in [0.717, 1.165) is 54.3 Å². The summed E-state index contributed by atoms with van der Waals surface area (Å²) >= 11 is 0. The maximum Gasteiger partial charge on any atom is 0.155 e. The Kier molecular flexibility index (Phi) is 6.83. The quantitative estimate of drug-likeness (QED) is 0.398. The van der Waals surface area contributed by atoms with E-state index in [0.29, 0.717) is 16.6 Å². The summed E-state index contributed by atoms with van der Waals surface area (Å²) in [6, 6.07) is 0. The van der Waals surface area contributed by atoms with Crippen LogP contribution in [0, 0.1) is 52.3 Å². The highest BCUT2D eigenvalue weighted by molar-refractivity contribution is 5.91. The highest BCUT2D eigenvalue weighted by atomic mass is 16.1. The number of hydrogen-bond acceptors (Lipinski definition) is 1. The fraction of sp³-hybridized carbons (Fsp3) is 0.900. The number of ketones is 1. The Morgan fingerprint density at radius 1 is 1.03 bits per heavy atom. The topological polar surface area (TPSA) is 17.1 Å². The van der Waals surface area contributed by atoms with Crippen LogP contribution in [0.2, 0.25) is 0 Å². The van der Waals surface area contributed by atoms with Crippen LogP contribution in [0.3, 0.4) is 0 Å². The second-order valence-corrected chi connectivity index (χ2v) is 13.1. The van der Waals surface area contributed by atoms with Crippen molar-refractivity contribution in [3.05, 3.63) is 11.6 Å². The largest absolute Gasteiger partial charge is 0.295 e. The van der Waals surface area contributed by atoms with Gasteiger partial charge < -0.3 is 0 Å². The van der Waals surface area contributed by atoms with Gasteiger partial charge in [-0.05, 0) is 96.9 Å². The van der Waals surface area contributed by atoms with Gasteiger partial charge in [-0.25, -0.2) is 0 Å². The first-order valence-corrected chi connectivity index (χ1v) is 13.9. The number of carbonyl (C=O) groups is 1. The van der Waals surface area contributed by atoms with Gasteiger partial charge in [0, 0.05) is 6.42 Å². The summed E-state index contributed by atoms with van der Waals surface area (Å²) in [5.41, 5.74) is 2.42. The van der Waals surface area contributed by atoms with Crippen molar-refractivity contribution >= 4 is 5.78 Å². The van der Waals surface area contributed by atoms with E-state index in [-0.39, 0.29) is 0 Å². The Labute approximate surface area is 193 Å². The Bertz CT molecular complexity index is 689. The summed E-state index contributed by atoms with van der Waals surface area (Å²) in [6.45, 7) is 15.0. The van der Waals surface area contributed by atoms with E-state index in [9.17, 15) is 4.79 Å². The van der Waals surface area contributed by atoms with Gasteiger partial charge >= 0.3 is 0 Å². The second-order valence-electron chi connectivity index (χ2n) is 13.1. The van der Waals surface area contributed by atoms with Crippen LogP contribution < -0.4 is 0 Å². The number of carbonyl (C=O) groups excluding carboxylic acids is 1. The van der Waals surface area contributed by atoms with Crippen LogP contribution in [0.25, 0.3) is 0 Å². The molecule has 0 aromatic heterocycles. The number of fused-ring (bicyclic) bond motifs is 5. The molecule has 0 radical (unpaired) electrons. The minimum atomic E-state index is 0.311. The zero-order chi connectivity index (χ0) is 22.4. The highest BCUT2D eigenvalue weighted by Gasteiger charge is 2.61. The molecule has 0 aromatic carbocycles. The first-order valence-electron chi connectivity index (χ1n) is 13.9. The van der Waals surface area contributed by atoms with Crippen LogP contribution in [0.5, 0.6) is 0 Å². The number of allylic oxidation sites excluding steroid dienone is 1. The van der Waals surface area contributed by atoms with Crippen molar-refractivity contribution in [3.63, 3.8) is 0 Å². The van der Waals surface area contributed by atoms with Crippen molar-refractivity contribution in [2.24, 2.45) is 52.3 Å². The lowest BCUT2D eigenvalue weighted by atomic mass is 9.44. The third-order valence-corrected chi connectivity index (χ3v) is 11.0. The van der Waals surface area contributed by atoms with Crippen LogP contribution >= 0.6 is 0 Å². The van der Waals surface area contributed by atoms with Gasteiger partial charge in [0.25, 0.3) is 0 Å². The van der Waals surface area contributed by atoms with Gasteiger partial charge in [-0.1, -0.05) is 79.2 Å². The molecule has 0 aliphatic heterocycles. The monoisotopic (exact) mass is 426 g/mol. The molecule has 3 saturated carbocycles. The zero-order valence-corrected chi connectivity index (χ0v) is 21.5. The smallest absolute Gasteiger partial charge is 0.155 e. The maximum absolute atomic E-state index is 12.3. The van der Waals surface area contributed by atoms with Crippen molar-refractivity contribution < 1.29 is 4.79 Å². The summed E-state index contributed by atoms with van der Waals surface area (Å²) in [6.07, 6.45) is 17.9. The summed E-state index contributed by atoms with van der Waals surface area (Å²) < 4.78 is 0. The van der Waals surface area contributed by atoms with E-state index >= 15 is 0 Å². The van der Waals surface area contributed by atoms with Crippen molar-refractivity contribution in [1.82, 2.24) is 0 Å². The molecule has 5 unspecified atom stereocenters. The van der Waals surface area contributed by atoms with Crippen LogP contribution in [-0.2, 0) is 4.79 Å². The fourth-order valence-electron chi connectivity index (χ4n) is 9.39. The average Bonchev–Trinajstić information content (AvgIpc) is 3.06. The van der Waals surface area contributed by atoms with E-state index in [4.69, 9.17) is 0 Å². The molecule has 1 heteroatoms. The van der Waals surface area contributed by atoms with Crippen LogP contribution in [-0.4, -0.2) is 5.78 Å². The zero-order valence-electron chi connectivity index (χ0n) is 21.5. The summed E-state index contributed by atoms with van der Waals surface area (Å²) in [7, 11) is 0. The molecule has 3 fully saturated rings. The number of hydrogen-bond donors (Lipinski definition) is 0. The molecule has 0 bridgehead atoms. The minimum Gasteiger partial charge on any atom is -0.295 e. The molecule has 1 nitrogen and oxygen atoms in total. The minimum absolute atomic E-state index is 0.311. The molecular formula is C30H50O. The van der Waals surface area contributed by atoms with E-state index < -0.39 is 0 Å². The summed E-state index contributed by atoms with van der Waals surface area (Å²) in [5.74, 6) is 6.54. The van der Waals surface area contributed by atoms with Crippen LogP contribution in [0.1, 0.15) is 119 Å². The van der Waals surface area contributed by atoms with Gasteiger partial charge in [0.15, 0.2) is 5.78 Å². The lowest BCUT2D eigenvalue weighted by Gasteiger charge is -2.61. The third-order valence-electron chi connectivity index (χ3n) is 11.0. The SMILES string of the molecule is CCC[C@H]1CC2=CC(=O)CC[C@]2(C)C2CC[C@]3(C)C(C(C)CCCC(C)C)CCC3C21. The molecule has 0 spiro atoms. The van der Waals surface area contributed by atoms with Crippen LogP contribution in [0.15, 0.2) is 11.6 Å². The molecule has 0 heterocycles. The first-order chi connectivity index (χ1) is 14.7. The molecule has 8 atom stereocenters. The lowest BCUT2D eigenvalue weighted by Crippen LogP contribution is -2.54. The van der Waals surface area contributed by atoms with E-state index in [2.05, 4.69) is 47.6 Å². The van der Waals surface area contributed by atoms with Crippen LogP contribution in [0.4, 0.5) is 0 Å². The number of rotatable bonds is 7. The first kappa shape index (κ1) is 23.6. The van der Waals surface area contributed by atoms with Gasteiger partial charge in [0.2, 0.25) is 0 Å². The Hall–Kier alpha value is -0.590. The Morgan fingerprint density at radius 3 is 2.52 bits per heavy atom. The molecule has 4 aliphatic rings. The standard InChI is InChI=1S/C30H50O/c1-7-9-22-18-23-19-24(31)14-16-29(23,5)27-15-17-30(6)25(12-13-26(30)28(22)27)21(4)11-8-10-20(2)3/h19-22,25-28H,7-18H2,1-6H3/t21?,22-,25?,26?,27?,28?,29-,30+/m0/s1. The molecule has 0 saturated heterocycles. The highest BCUT2D eigenvalue weighted by Crippen LogP contribution is 2.69. The summed E-state index contributed by atoms with van der Waals surface area (Å²) in [4.78, 5) is 12.3. The van der Waals surface area contributed by atoms with Gasteiger partial charge in [-0.2, -0.15) is 0 Å². The summed E-state index contributed by atoms with van der Waals surface area (Å²) in [5, 5.41) is 0. The third kappa shape index (κ3) is 4.10. The molecule has 0 aromatic rings. The predicted molar refractivity (Wildman–Crippen MR) is 132 cm³/mol. The van der Waals surface area contributed by atoms with E-state index in [1.807, 2.05) is 0 Å². The van der Waals surface area contributed by atoms with E-state index in [1.54, 1.807) is 5.57 Å². The van der Waals surface area contributed by atoms with Crippen molar-refractivity contribution in [2.45, 2.75) is 119 Å². The molecule has 176 valence electrons. The Morgan fingerprint density at radius 2 is 1.81 bits per heavy atom. The molecule has 4 rings (SSSR count). The molecule has 0 amide bonds. The second kappa shape index (κ2) is 8.98. The molecule has 4 aliphatic carbocycles. The normalized spacial score (nSPS) is 43.3. The average molecular weight is 427 g/mol. The van der Waals surface area contributed by atoms with Crippen molar-refractivity contribution in [3.8, 4) is 0 Å². The van der Waals surface area contributed by atoms with Gasteiger partial charge in [-0.3, -0.25) is 4.79 Å². The van der Waals surface area contributed by atoms with Crippen molar-refractivity contribution in [1.29, 1.82) is 0 Å². The lowest BCUT2D eigenvalue weighted by molar-refractivity contribution is -0.119. The van der Waals surface area contributed by atoms with Gasteiger partial charge in [0.05, 0.1) is 0 Å². The fourth-order valence-corrected chi connectivity index (χ4v) is 9.39. The van der Waals surface area contributed by atoms with Crippen molar-refractivity contribution in [2.75, 3.05) is 0 Å². The molecule has 0 N–H and O–H groups in total. The Balaban J connectivity index is 1.58. The molecular weight excluding hydrogens is 376 g/mol.